The summed E-state index contributed by atoms with van der Waals surface area (Å²) in [5.74, 6) is -0.292. The van der Waals surface area contributed by atoms with Gasteiger partial charge in [0.25, 0.3) is 0 Å². The normalized spacial score (nSPS) is 10.2. The Kier molecular flexibility index (Phi) is 5.26. The number of aromatic nitrogens is 1. The maximum atomic E-state index is 13.5. The van der Waals surface area contributed by atoms with Crippen LogP contribution < -0.4 is 10.1 Å². The molecule has 110 valence electrons. The van der Waals surface area contributed by atoms with Crippen molar-refractivity contribution >= 4 is 5.91 Å². The van der Waals surface area contributed by atoms with Crippen LogP contribution in [-0.4, -0.2) is 18.0 Å². The number of amides is 1. The maximum Gasteiger partial charge on any atom is 0.220 e. The minimum absolute atomic E-state index is 0.0862. The third-order valence-corrected chi connectivity index (χ3v) is 3.05. The Labute approximate surface area is 123 Å². The number of benzene rings is 1. The SMILES string of the molecule is COc1ccc(CCC(=O)NCc2ccccn2)cc1F. The standard InChI is InChI=1S/C16H17FN2O2/c1-21-15-7-5-12(10-14(15)17)6-8-16(20)19-11-13-4-2-3-9-18-13/h2-5,7,9-10H,6,8,11H2,1H3,(H,19,20). The first kappa shape index (κ1) is 15.0. The van der Waals surface area contributed by atoms with Gasteiger partial charge in [-0.25, -0.2) is 4.39 Å². The molecule has 0 radical (unpaired) electrons. The van der Waals surface area contributed by atoms with Crippen LogP contribution >= 0.6 is 0 Å². The number of aryl methyl sites for hydroxylation is 1. The van der Waals surface area contributed by atoms with Gasteiger partial charge in [0.2, 0.25) is 5.91 Å². The Hall–Kier alpha value is -2.43. The largest absolute Gasteiger partial charge is 0.494 e. The summed E-state index contributed by atoms with van der Waals surface area (Å²) in [7, 11) is 1.42. The van der Waals surface area contributed by atoms with Crippen LogP contribution in [0.5, 0.6) is 5.75 Å². The molecule has 1 aromatic carbocycles. The lowest BCUT2D eigenvalue weighted by molar-refractivity contribution is -0.121. The fraction of sp³-hybridized carbons (Fsp3) is 0.250. The van der Waals surface area contributed by atoms with E-state index < -0.39 is 5.82 Å². The molecule has 0 bridgehead atoms. The van der Waals surface area contributed by atoms with Crippen LogP contribution in [0.2, 0.25) is 0 Å². The quantitative estimate of drug-likeness (QED) is 0.888. The van der Waals surface area contributed by atoms with Gasteiger partial charge in [0.05, 0.1) is 19.3 Å². The number of hydrogen-bond donors (Lipinski definition) is 1. The van der Waals surface area contributed by atoms with Gasteiger partial charge in [-0.1, -0.05) is 12.1 Å². The summed E-state index contributed by atoms with van der Waals surface area (Å²) in [6.07, 6.45) is 2.47. The molecule has 0 atom stereocenters. The smallest absolute Gasteiger partial charge is 0.220 e. The van der Waals surface area contributed by atoms with Gasteiger partial charge in [0.15, 0.2) is 11.6 Å². The minimum Gasteiger partial charge on any atom is -0.494 e. The molecule has 1 N–H and O–H groups in total. The van der Waals surface area contributed by atoms with E-state index in [9.17, 15) is 9.18 Å². The highest BCUT2D eigenvalue weighted by Crippen LogP contribution is 2.18. The van der Waals surface area contributed by atoms with E-state index in [1.54, 1.807) is 18.3 Å². The molecule has 0 unspecified atom stereocenters. The van der Waals surface area contributed by atoms with Crippen molar-refractivity contribution in [1.82, 2.24) is 10.3 Å². The predicted molar refractivity (Wildman–Crippen MR) is 77.4 cm³/mol. The van der Waals surface area contributed by atoms with Gasteiger partial charge in [-0.05, 0) is 36.2 Å². The first-order chi connectivity index (χ1) is 10.2. The summed E-state index contributed by atoms with van der Waals surface area (Å²) >= 11 is 0. The molecule has 0 aliphatic carbocycles. The van der Waals surface area contributed by atoms with Crippen LogP contribution in [0.4, 0.5) is 4.39 Å². The van der Waals surface area contributed by atoms with E-state index in [1.165, 1.54) is 13.2 Å². The average Bonchev–Trinajstić information content (AvgIpc) is 2.52. The molecule has 0 saturated heterocycles. The van der Waals surface area contributed by atoms with E-state index in [0.717, 1.165) is 11.3 Å². The molecule has 2 rings (SSSR count). The molecule has 4 nitrogen and oxygen atoms in total. The fourth-order valence-corrected chi connectivity index (χ4v) is 1.90. The lowest BCUT2D eigenvalue weighted by Gasteiger charge is -2.06. The zero-order valence-electron chi connectivity index (χ0n) is 11.8. The van der Waals surface area contributed by atoms with Gasteiger partial charge in [-0.2, -0.15) is 0 Å². The van der Waals surface area contributed by atoms with Crippen LogP contribution in [0.25, 0.3) is 0 Å². The highest BCUT2D eigenvalue weighted by Gasteiger charge is 2.06. The molecule has 1 heterocycles. The van der Waals surface area contributed by atoms with Gasteiger partial charge >= 0.3 is 0 Å². The van der Waals surface area contributed by atoms with Crippen molar-refractivity contribution in [2.45, 2.75) is 19.4 Å². The van der Waals surface area contributed by atoms with E-state index in [2.05, 4.69) is 10.3 Å². The lowest BCUT2D eigenvalue weighted by atomic mass is 10.1. The van der Waals surface area contributed by atoms with Crippen LogP contribution in [0.3, 0.4) is 0 Å². The van der Waals surface area contributed by atoms with Crippen molar-refractivity contribution in [2.75, 3.05) is 7.11 Å². The fourth-order valence-electron chi connectivity index (χ4n) is 1.90. The van der Waals surface area contributed by atoms with E-state index in [0.29, 0.717) is 19.4 Å². The number of ether oxygens (including phenoxy) is 1. The molecule has 0 aliphatic heterocycles. The third-order valence-electron chi connectivity index (χ3n) is 3.05. The molecule has 0 spiro atoms. The number of methoxy groups -OCH3 is 1. The van der Waals surface area contributed by atoms with Crippen LogP contribution in [-0.2, 0) is 17.8 Å². The Morgan fingerprint density at radius 2 is 2.19 bits per heavy atom. The number of pyridine rings is 1. The number of halogens is 1. The number of carbonyl (C=O) groups is 1. The van der Waals surface area contributed by atoms with Crippen molar-refractivity contribution in [3.05, 3.63) is 59.7 Å². The zero-order chi connectivity index (χ0) is 15.1. The Morgan fingerprint density at radius 1 is 1.33 bits per heavy atom. The predicted octanol–water partition coefficient (Wildman–Crippen LogP) is 2.48. The van der Waals surface area contributed by atoms with Gasteiger partial charge in [-0.3, -0.25) is 9.78 Å². The second kappa shape index (κ2) is 7.38. The van der Waals surface area contributed by atoms with Crippen molar-refractivity contribution in [1.29, 1.82) is 0 Å². The summed E-state index contributed by atoms with van der Waals surface area (Å²) in [4.78, 5) is 15.9. The second-order valence-corrected chi connectivity index (χ2v) is 4.57. The van der Waals surface area contributed by atoms with Crippen molar-refractivity contribution in [2.24, 2.45) is 0 Å². The highest BCUT2D eigenvalue weighted by atomic mass is 19.1. The monoisotopic (exact) mass is 288 g/mol. The molecule has 21 heavy (non-hydrogen) atoms. The molecule has 1 amide bonds. The maximum absolute atomic E-state index is 13.5. The Bertz CT molecular complexity index is 602. The Morgan fingerprint density at radius 3 is 2.86 bits per heavy atom. The van der Waals surface area contributed by atoms with Crippen molar-refractivity contribution in [3.63, 3.8) is 0 Å². The Balaban J connectivity index is 1.80. The van der Waals surface area contributed by atoms with Crippen molar-refractivity contribution in [3.8, 4) is 5.75 Å². The molecular formula is C16H17FN2O2. The topological polar surface area (TPSA) is 51.2 Å². The number of carbonyl (C=O) groups excluding carboxylic acids is 1. The molecule has 5 heteroatoms. The highest BCUT2D eigenvalue weighted by molar-refractivity contribution is 5.76. The molecule has 1 aromatic heterocycles. The van der Waals surface area contributed by atoms with E-state index in [-0.39, 0.29) is 11.7 Å². The number of hydrogen-bond acceptors (Lipinski definition) is 3. The second-order valence-electron chi connectivity index (χ2n) is 4.57. The first-order valence-corrected chi connectivity index (χ1v) is 6.68. The van der Waals surface area contributed by atoms with E-state index >= 15 is 0 Å². The van der Waals surface area contributed by atoms with Gasteiger partial charge < -0.3 is 10.1 Å². The molecular weight excluding hydrogens is 271 g/mol. The molecule has 0 aliphatic rings. The molecule has 0 fully saturated rings. The first-order valence-electron chi connectivity index (χ1n) is 6.68. The van der Waals surface area contributed by atoms with Crippen LogP contribution in [0.1, 0.15) is 17.7 Å². The summed E-state index contributed by atoms with van der Waals surface area (Å²) < 4.78 is 18.4. The summed E-state index contributed by atoms with van der Waals surface area (Å²) in [6, 6.07) is 10.3. The van der Waals surface area contributed by atoms with Gasteiger partial charge in [0.1, 0.15) is 0 Å². The number of nitrogens with one attached hydrogen (secondary N) is 1. The average molecular weight is 288 g/mol. The van der Waals surface area contributed by atoms with Crippen LogP contribution in [0.15, 0.2) is 42.6 Å². The van der Waals surface area contributed by atoms with E-state index in [4.69, 9.17) is 4.74 Å². The molecule has 2 aromatic rings. The third kappa shape index (κ3) is 4.56. The summed E-state index contributed by atoms with van der Waals surface area (Å²) in [5.41, 5.74) is 1.57. The number of rotatable bonds is 6. The zero-order valence-corrected chi connectivity index (χ0v) is 11.8. The van der Waals surface area contributed by atoms with Gasteiger partial charge in [0, 0.05) is 12.6 Å². The summed E-state index contributed by atoms with van der Waals surface area (Å²) in [5, 5.41) is 2.79. The minimum atomic E-state index is -0.413. The number of nitrogens with zero attached hydrogens (tertiary/aromatic N) is 1. The van der Waals surface area contributed by atoms with Crippen LogP contribution in [0, 0.1) is 5.82 Å². The molecule has 0 saturated carbocycles. The lowest BCUT2D eigenvalue weighted by Crippen LogP contribution is -2.23. The van der Waals surface area contributed by atoms with E-state index in [1.807, 2.05) is 18.2 Å². The summed E-state index contributed by atoms with van der Waals surface area (Å²) in [6.45, 7) is 0.399. The van der Waals surface area contributed by atoms with Gasteiger partial charge in [-0.15, -0.1) is 0 Å². The van der Waals surface area contributed by atoms with Crippen molar-refractivity contribution < 1.29 is 13.9 Å².